The summed E-state index contributed by atoms with van der Waals surface area (Å²) < 4.78 is 0. The average Bonchev–Trinajstić information content (AvgIpc) is 3.29. The summed E-state index contributed by atoms with van der Waals surface area (Å²) in [5.74, 6) is 1.02. The molecule has 6 nitrogen and oxygen atoms in total. The number of fused-ring (bicyclic) bond motifs is 2. The molecule has 0 unspecified atom stereocenters. The molecule has 0 atom stereocenters. The van der Waals surface area contributed by atoms with Gasteiger partial charge < -0.3 is 21.0 Å². The van der Waals surface area contributed by atoms with E-state index in [0.717, 1.165) is 46.2 Å². The van der Waals surface area contributed by atoms with Gasteiger partial charge >= 0.3 is 0 Å². The number of hydrogen-bond acceptors (Lipinski definition) is 4. The second-order valence-corrected chi connectivity index (χ2v) is 7.34. The molecule has 0 amide bonds. The number of para-hydroxylation sites is 1. The van der Waals surface area contributed by atoms with Crippen molar-refractivity contribution in [2.75, 3.05) is 11.1 Å². The van der Waals surface area contributed by atoms with Crippen molar-refractivity contribution < 1.29 is 0 Å². The van der Waals surface area contributed by atoms with Crippen LogP contribution >= 0.6 is 0 Å². The first-order valence-corrected chi connectivity index (χ1v) is 9.68. The highest BCUT2D eigenvalue weighted by molar-refractivity contribution is 5.85. The predicted octanol–water partition coefficient (Wildman–Crippen LogP) is 4.86. The summed E-state index contributed by atoms with van der Waals surface area (Å²) in [6.07, 6.45) is 5.56. The lowest BCUT2D eigenvalue weighted by Gasteiger charge is -2.09. The second kappa shape index (κ2) is 6.98. The molecule has 5 rings (SSSR count). The Morgan fingerprint density at radius 3 is 2.76 bits per heavy atom. The molecule has 0 aliphatic carbocycles. The van der Waals surface area contributed by atoms with Crippen LogP contribution in [0.2, 0.25) is 0 Å². The van der Waals surface area contributed by atoms with E-state index in [-0.39, 0.29) is 0 Å². The Morgan fingerprint density at radius 1 is 1.00 bits per heavy atom. The Kier molecular flexibility index (Phi) is 4.17. The van der Waals surface area contributed by atoms with Crippen molar-refractivity contribution in [2.45, 2.75) is 19.8 Å². The van der Waals surface area contributed by atoms with E-state index in [2.05, 4.69) is 61.8 Å². The molecule has 3 heterocycles. The molecule has 0 spiro atoms. The fraction of sp³-hybridized carbons (Fsp3) is 0.130. The molecule has 0 radical (unpaired) electrons. The van der Waals surface area contributed by atoms with Crippen LogP contribution in [0.5, 0.6) is 0 Å². The number of anilines is 3. The third-order valence-corrected chi connectivity index (χ3v) is 5.25. The van der Waals surface area contributed by atoms with Gasteiger partial charge in [-0.1, -0.05) is 18.2 Å². The van der Waals surface area contributed by atoms with Gasteiger partial charge in [0.25, 0.3) is 0 Å². The van der Waals surface area contributed by atoms with Gasteiger partial charge in [-0.3, -0.25) is 0 Å². The van der Waals surface area contributed by atoms with E-state index in [4.69, 9.17) is 5.73 Å². The lowest BCUT2D eigenvalue weighted by atomic mass is 10.1. The zero-order valence-electron chi connectivity index (χ0n) is 16.2. The molecule has 5 aromatic rings. The number of H-pyrrole nitrogens is 2. The van der Waals surface area contributed by atoms with Gasteiger partial charge in [-0.2, -0.15) is 4.98 Å². The number of aromatic amines is 2. The van der Waals surface area contributed by atoms with Crippen LogP contribution in [0, 0.1) is 6.92 Å². The molecule has 0 aliphatic rings. The van der Waals surface area contributed by atoms with Crippen LogP contribution in [0.3, 0.4) is 0 Å². The van der Waals surface area contributed by atoms with Crippen LogP contribution in [-0.2, 0) is 12.8 Å². The van der Waals surface area contributed by atoms with Gasteiger partial charge in [0.1, 0.15) is 5.82 Å². The quantitative estimate of drug-likeness (QED) is 0.349. The topological polar surface area (TPSA) is 95.4 Å². The Labute approximate surface area is 168 Å². The number of nitrogens with two attached hydrogens (primary N) is 1. The van der Waals surface area contributed by atoms with E-state index < -0.39 is 0 Å². The summed E-state index contributed by atoms with van der Waals surface area (Å²) in [7, 11) is 0. The minimum atomic E-state index is 0.505. The van der Waals surface area contributed by atoms with Crippen molar-refractivity contribution in [3.05, 3.63) is 77.7 Å². The Balaban J connectivity index is 1.31. The standard InChI is InChI=1S/C23H22N6/c1-14-10-17-11-18(8-9-20(17)27-14)28-23-26-13-16(22(24)29-23)7-6-15-12-25-21-5-3-2-4-19(15)21/h2-5,8-13,25,27H,6-7H2,1H3,(H3,24,26,28,29). The molecule has 0 saturated carbocycles. The van der Waals surface area contributed by atoms with Crippen molar-refractivity contribution in [3.63, 3.8) is 0 Å². The van der Waals surface area contributed by atoms with Crippen LogP contribution in [0.25, 0.3) is 21.8 Å². The molecule has 0 saturated heterocycles. The number of hydrogen-bond donors (Lipinski definition) is 4. The van der Waals surface area contributed by atoms with E-state index in [1.807, 2.05) is 31.3 Å². The molecule has 6 heteroatoms. The number of aryl methyl sites for hydroxylation is 3. The fourth-order valence-electron chi connectivity index (χ4n) is 3.77. The maximum Gasteiger partial charge on any atom is 0.229 e. The summed E-state index contributed by atoms with van der Waals surface area (Å²) in [4.78, 5) is 15.6. The molecule has 0 aliphatic heterocycles. The summed E-state index contributed by atoms with van der Waals surface area (Å²) in [5, 5.41) is 5.65. The molecular weight excluding hydrogens is 360 g/mol. The Bertz CT molecular complexity index is 1310. The third kappa shape index (κ3) is 3.40. The van der Waals surface area contributed by atoms with Crippen molar-refractivity contribution in [3.8, 4) is 0 Å². The molecular formula is C23H22N6. The van der Waals surface area contributed by atoms with Crippen LogP contribution in [0.4, 0.5) is 17.5 Å². The first-order chi connectivity index (χ1) is 14.2. The third-order valence-electron chi connectivity index (χ3n) is 5.25. The fourth-order valence-corrected chi connectivity index (χ4v) is 3.77. The SMILES string of the molecule is Cc1cc2cc(Nc3ncc(CCc4c[nH]c5ccccc45)c(N)n3)ccc2[nH]1. The predicted molar refractivity (Wildman–Crippen MR) is 118 cm³/mol. The van der Waals surface area contributed by atoms with Crippen molar-refractivity contribution >= 4 is 39.3 Å². The number of benzene rings is 2. The average molecular weight is 382 g/mol. The van der Waals surface area contributed by atoms with Gasteiger partial charge in [0, 0.05) is 51.1 Å². The minimum Gasteiger partial charge on any atom is -0.383 e. The summed E-state index contributed by atoms with van der Waals surface area (Å²) in [6.45, 7) is 2.05. The number of nitrogen functional groups attached to an aromatic ring is 1. The maximum atomic E-state index is 6.22. The monoisotopic (exact) mass is 382 g/mol. The van der Waals surface area contributed by atoms with E-state index in [9.17, 15) is 0 Å². The largest absolute Gasteiger partial charge is 0.383 e. The zero-order chi connectivity index (χ0) is 19.8. The first-order valence-electron chi connectivity index (χ1n) is 9.68. The summed E-state index contributed by atoms with van der Waals surface area (Å²) in [5.41, 5.74) is 12.8. The van der Waals surface area contributed by atoms with Gasteiger partial charge in [-0.25, -0.2) is 4.98 Å². The van der Waals surface area contributed by atoms with Crippen LogP contribution in [0.1, 0.15) is 16.8 Å². The summed E-state index contributed by atoms with van der Waals surface area (Å²) >= 11 is 0. The Hall–Kier alpha value is -3.80. The summed E-state index contributed by atoms with van der Waals surface area (Å²) in [6, 6.07) is 16.6. The van der Waals surface area contributed by atoms with E-state index in [1.165, 1.54) is 10.9 Å². The molecule has 2 aromatic carbocycles. The van der Waals surface area contributed by atoms with Gasteiger partial charge in [0.15, 0.2) is 0 Å². The van der Waals surface area contributed by atoms with E-state index in [1.54, 1.807) is 0 Å². The molecule has 5 N–H and O–H groups in total. The Morgan fingerprint density at radius 2 is 1.86 bits per heavy atom. The van der Waals surface area contributed by atoms with Gasteiger partial charge in [-0.05, 0) is 55.7 Å². The number of aromatic nitrogens is 4. The molecule has 0 bridgehead atoms. The van der Waals surface area contributed by atoms with Crippen molar-refractivity contribution in [1.29, 1.82) is 0 Å². The highest BCUT2D eigenvalue weighted by Crippen LogP contribution is 2.23. The molecule has 144 valence electrons. The molecule has 29 heavy (non-hydrogen) atoms. The number of nitrogens with zero attached hydrogens (tertiary/aromatic N) is 2. The van der Waals surface area contributed by atoms with Gasteiger partial charge in [0.05, 0.1) is 0 Å². The normalized spacial score (nSPS) is 11.3. The van der Waals surface area contributed by atoms with Gasteiger partial charge in [-0.15, -0.1) is 0 Å². The van der Waals surface area contributed by atoms with E-state index >= 15 is 0 Å². The zero-order valence-corrected chi connectivity index (χ0v) is 16.2. The van der Waals surface area contributed by atoms with Crippen LogP contribution < -0.4 is 11.1 Å². The highest BCUT2D eigenvalue weighted by Gasteiger charge is 2.08. The van der Waals surface area contributed by atoms with Gasteiger partial charge in [0.2, 0.25) is 5.95 Å². The minimum absolute atomic E-state index is 0.505. The maximum absolute atomic E-state index is 6.22. The lowest BCUT2D eigenvalue weighted by Crippen LogP contribution is -2.05. The van der Waals surface area contributed by atoms with Crippen LogP contribution in [-0.4, -0.2) is 19.9 Å². The van der Waals surface area contributed by atoms with Crippen molar-refractivity contribution in [1.82, 2.24) is 19.9 Å². The number of rotatable bonds is 5. The highest BCUT2D eigenvalue weighted by atomic mass is 15.1. The lowest BCUT2D eigenvalue weighted by molar-refractivity contribution is 0.946. The van der Waals surface area contributed by atoms with E-state index in [0.29, 0.717) is 11.8 Å². The second-order valence-electron chi connectivity index (χ2n) is 7.34. The molecule has 0 fully saturated rings. The van der Waals surface area contributed by atoms with Crippen molar-refractivity contribution in [2.24, 2.45) is 0 Å². The number of nitrogens with one attached hydrogen (secondary N) is 3. The van der Waals surface area contributed by atoms with Crippen LogP contribution in [0.15, 0.2) is 60.9 Å². The first kappa shape index (κ1) is 17.3. The molecule has 3 aromatic heterocycles. The smallest absolute Gasteiger partial charge is 0.229 e.